The molecule has 0 aliphatic carbocycles. The van der Waals surface area contributed by atoms with Crippen LogP contribution in [0.4, 0.5) is 11.6 Å². The first-order valence-corrected chi connectivity index (χ1v) is 9.68. The van der Waals surface area contributed by atoms with Crippen LogP contribution in [0, 0.1) is 11.8 Å². The van der Waals surface area contributed by atoms with Crippen LogP contribution < -0.4 is 15.4 Å². The maximum absolute atomic E-state index is 6.30. The van der Waals surface area contributed by atoms with Crippen molar-refractivity contribution in [3.8, 4) is 5.75 Å². The van der Waals surface area contributed by atoms with Crippen LogP contribution >= 0.6 is 0 Å². The van der Waals surface area contributed by atoms with Gasteiger partial charge in [0.25, 0.3) is 0 Å². The molecule has 0 bridgehead atoms. The molecule has 138 valence electrons. The van der Waals surface area contributed by atoms with Crippen molar-refractivity contribution in [3.63, 3.8) is 0 Å². The molecule has 2 aromatic rings. The van der Waals surface area contributed by atoms with E-state index in [1.54, 1.807) is 0 Å². The molecule has 2 aliphatic heterocycles. The molecule has 0 fully saturated rings. The van der Waals surface area contributed by atoms with E-state index in [-0.39, 0.29) is 6.10 Å². The number of hydrogen-bond donors (Lipinski definition) is 2. The van der Waals surface area contributed by atoms with Crippen LogP contribution in [0.5, 0.6) is 5.75 Å². The third-order valence-electron chi connectivity index (χ3n) is 5.68. The van der Waals surface area contributed by atoms with Gasteiger partial charge in [-0.3, -0.25) is 0 Å². The van der Waals surface area contributed by atoms with Crippen LogP contribution in [-0.4, -0.2) is 29.2 Å². The summed E-state index contributed by atoms with van der Waals surface area (Å²) in [6, 6.07) is 6.35. The van der Waals surface area contributed by atoms with Crippen LogP contribution in [0.25, 0.3) is 0 Å². The number of rotatable bonds is 4. The monoisotopic (exact) mass is 352 g/mol. The van der Waals surface area contributed by atoms with E-state index in [4.69, 9.17) is 4.74 Å². The molecule has 2 N–H and O–H groups in total. The summed E-state index contributed by atoms with van der Waals surface area (Å²) in [5.41, 5.74) is 2.55. The van der Waals surface area contributed by atoms with Gasteiger partial charge in [-0.2, -0.15) is 0 Å². The zero-order valence-corrected chi connectivity index (χ0v) is 15.8. The molecule has 0 radical (unpaired) electrons. The van der Waals surface area contributed by atoms with Crippen molar-refractivity contribution < 1.29 is 4.74 Å². The standard InChI is InChI=1S/C21H28N4O/c1-13(2)16-9-19-21(24-10-16)25-12-18(26-19)7-14(3)17-8-15-5-4-6-22-20(15)23-11-17/h4-6,9-10,13-14,17-18H,7-8,11-12H2,1-3H3,(H,22,23)(H,24,25)/t14-,17?,18?/m0/s1. The number of anilines is 2. The Hall–Kier alpha value is -2.30. The minimum absolute atomic E-state index is 0.192. The van der Waals surface area contributed by atoms with Gasteiger partial charge >= 0.3 is 0 Å². The number of nitrogens with zero attached hydrogens (tertiary/aromatic N) is 2. The van der Waals surface area contributed by atoms with Crippen molar-refractivity contribution >= 4 is 11.6 Å². The van der Waals surface area contributed by atoms with Crippen molar-refractivity contribution in [3.05, 3.63) is 41.7 Å². The fraction of sp³-hybridized carbons (Fsp3) is 0.524. The maximum Gasteiger partial charge on any atom is 0.168 e. The van der Waals surface area contributed by atoms with Gasteiger partial charge in [0.1, 0.15) is 11.9 Å². The van der Waals surface area contributed by atoms with Crippen molar-refractivity contribution in [2.45, 2.75) is 45.6 Å². The Morgan fingerprint density at radius 3 is 2.85 bits per heavy atom. The molecule has 2 aromatic heterocycles. The Morgan fingerprint density at radius 1 is 1.15 bits per heavy atom. The van der Waals surface area contributed by atoms with E-state index in [1.165, 1.54) is 11.1 Å². The van der Waals surface area contributed by atoms with Crippen molar-refractivity contribution in [1.29, 1.82) is 0 Å². The van der Waals surface area contributed by atoms with Gasteiger partial charge in [-0.05, 0) is 53.9 Å². The molecule has 3 atom stereocenters. The van der Waals surface area contributed by atoms with Crippen LogP contribution in [0.1, 0.15) is 44.2 Å². The first kappa shape index (κ1) is 17.1. The lowest BCUT2D eigenvalue weighted by molar-refractivity contribution is 0.156. The normalized spacial score (nSPS) is 22.5. The summed E-state index contributed by atoms with van der Waals surface area (Å²) >= 11 is 0. The first-order valence-electron chi connectivity index (χ1n) is 9.68. The minimum atomic E-state index is 0.192. The molecule has 0 spiro atoms. The molecule has 2 unspecified atom stereocenters. The second-order valence-corrected chi connectivity index (χ2v) is 7.96. The SMILES string of the molecule is CC(C)c1cnc2c(c1)OC(C[C@H](C)C1CNc3ncccc3C1)CN2. The minimum Gasteiger partial charge on any atom is -0.485 e. The van der Waals surface area contributed by atoms with E-state index in [2.05, 4.69) is 53.5 Å². The number of nitrogens with one attached hydrogen (secondary N) is 2. The van der Waals surface area contributed by atoms with Gasteiger partial charge in [-0.25, -0.2) is 9.97 Å². The van der Waals surface area contributed by atoms with Gasteiger partial charge in [0.15, 0.2) is 11.6 Å². The van der Waals surface area contributed by atoms with E-state index in [0.29, 0.717) is 17.8 Å². The van der Waals surface area contributed by atoms with Crippen molar-refractivity contribution in [2.24, 2.45) is 11.8 Å². The Kier molecular flexibility index (Phi) is 4.70. The predicted molar refractivity (Wildman–Crippen MR) is 105 cm³/mol. The number of aromatic nitrogens is 2. The molecule has 26 heavy (non-hydrogen) atoms. The van der Waals surface area contributed by atoms with Crippen molar-refractivity contribution in [1.82, 2.24) is 9.97 Å². The Labute approximate surface area is 155 Å². The van der Waals surface area contributed by atoms with Gasteiger partial charge in [0, 0.05) is 18.9 Å². The Bertz CT molecular complexity index is 776. The van der Waals surface area contributed by atoms with E-state index in [0.717, 1.165) is 43.3 Å². The molecular formula is C21H28N4O. The number of fused-ring (bicyclic) bond motifs is 2. The number of pyridine rings is 2. The largest absolute Gasteiger partial charge is 0.485 e. The Morgan fingerprint density at radius 2 is 2.00 bits per heavy atom. The van der Waals surface area contributed by atoms with E-state index >= 15 is 0 Å². The zero-order valence-electron chi connectivity index (χ0n) is 15.8. The highest BCUT2D eigenvalue weighted by molar-refractivity contribution is 5.53. The highest BCUT2D eigenvalue weighted by Gasteiger charge is 2.28. The third-order valence-corrected chi connectivity index (χ3v) is 5.68. The highest BCUT2D eigenvalue weighted by Crippen LogP contribution is 2.34. The second kappa shape index (κ2) is 7.14. The molecule has 0 saturated heterocycles. The maximum atomic E-state index is 6.30. The molecule has 0 saturated carbocycles. The molecule has 0 amide bonds. The predicted octanol–water partition coefficient (Wildman–Crippen LogP) is 4.08. The van der Waals surface area contributed by atoms with Crippen molar-refractivity contribution in [2.75, 3.05) is 23.7 Å². The molecular weight excluding hydrogens is 324 g/mol. The van der Waals surface area contributed by atoms with Crippen LogP contribution in [-0.2, 0) is 6.42 Å². The first-order chi connectivity index (χ1) is 12.6. The van der Waals surface area contributed by atoms with E-state index in [9.17, 15) is 0 Å². The fourth-order valence-corrected chi connectivity index (χ4v) is 3.92. The van der Waals surface area contributed by atoms with Crippen LogP contribution in [0.15, 0.2) is 30.6 Å². The van der Waals surface area contributed by atoms with Gasteiger partial charge in [0.05, 0.1) is 6.54 Å². The Balaban J connectivity index is 1.40. The quantitative estimate of drug-likeness (QED) is 0.868. The number of hydrogen-bond acceptors (Lipinski definition) is 5. The summed E-state index contributed by atoms with van der Waals surface area (Å²) < 4.78 is 6.30. The molecule has 4 heterocycles. The molecule has 5 nitrogen and oxygen atoms in total. The third kappa shape index (κ3) is 3.48. The molecule has 0 aromatic carbocycles. The topological polar surface area (TPSA) is 59.1 Å². The lowest BCUT2D eigenvalue weighted by Gasteiger charge is -2.34. The molecule has 2 aliphatic rings. The highest BCUT2D eigenvalue weighted by atomic mass is 16.5. The van der Waals surface area contributed by atoms with Crippen LogP contribution in [0.2, 0.25) is 0 Å². The van der Waals surface area contributed by atoms with Gasteiger partial charge < -0.3 is 15.4 Å². The average Bonchev–Trinajstić information content (AvgIpc) is 2.67. The smallest absolute Gasteiger partial charge is 0.168 e. The average molecular weight is 352 g/mol. The van der Waals surface area contributed by atoms with Crippen LogP contribution in [0.3, 0.4) is 0 Å². The summed E-state index contributed by atoms with van der Waals surface area (Å²) in [5, 5.41) is 6.93. The summed E-state index contributed by atoms with van der Waals surface area (Å²) in [7, 11) is 0. The summed E-state index contributed by atoms with van der Waals surface area (Å²) in [6.45, 7) is 8.52. The van der Waals surface area contributed by atoms with Gasteiger partial charge in [0.2, 0.25) is 0 Å². The summed E-state index contributed by atoms with van der Waals surface area (Å²) in [6.07, 6.45) is 6.13. The summed E-state index contributed by atoms with van der Waals surface area (Å²) in [5.74, 6) is 4.46. The lowest BCUT2D eigenvalue weighted by atomic mass is 9.82. The molecule has 4 rings (SSSR count). The van der Waals surface area contributed by atoms with E-state index < -0.39 is 0 Å². The van der Waals surface area contributed by atoms with Gasteiger partial charge in [-0.15, -0.1) is 0 Å². The fourth-order valence-electron chi connectivity index (χ4n) is 3.92. The molecule has 5 heteroatoms. The number of ether oxygens (including phenoxy) is 1. The lowest BCUT2D eigenvalue weighted by Crippen LogP contribution is -2.36. The zero-order chi connectivity index (χ0) is 18.1. The summed E-state index contributed by atoms with van der Waals surface area (Å²) in [4.78, 5) is 8.94. The van der Waals surface area contributed by atoms with E-state index in [1.807, 2.05) is 18.5 Å². The van der Waals surface area contributed by atoms with Gasteiger partial charge in [-0.1, -0.05) is 26.8 Å². The second-order valence-electron chi connectivity index (χ2n) is 7.96.